The molecule has 0 aliphatic heterocycles. The Bertz CT molecular complexity index is 183. The quantitative estimate of drug-likeness (QED) is 0.621. The fraction of sp³-hybridized carbons (Fsp3) is 0.909. The van der Waals surface area contributed by atoms with E-state index in [-0.39, 0.29) is 11.9 Å². The Morgan fingerprint density at radius 3 is 2.33 bits per heavy atom. The van der Waals surface area contributed by atoms with Crippen LogP contribution in [-0.4, -0.2) is 36.5 Å². The summed E-state index contributed by atoms with van der Waals surface area (Å²) in [4.78, 5) is 13.4. The molecule has 1 unspecified atom stereocenters. The van der Waals surface area contributed by atoms with E-state index < -0.39 is 0 Å². The highest BCUT2D eigenvalue weighted by molar-refractivity contribution is 5.79. The van der Waals surface area contributed by atoms with Gasteiger partial charge < -0.3 is 11.5 Å². The predicted molar refractivity (Wildman–Crippen MR) is 63.4 cm³/mol. The van der Waals surface area contributed by atoms with E-state index in [1.807, 2.05) is 6.92 Å². The molecule has 1 atom stereocenters. The summed E-state index contributed by atoms with van der Waals surface area (Å²) in [5, 5.41) is 0. The molecule has 0 aromatic heterocycles. The minimum Gasteiger partial charge on any atom is -0.368 e. The van der Waals surface area contributed by atoms with Crippen LogP contribution in [-0.2, 0) is 4.79 Å². The van der Waals surface area contributed by atoms with Gasteiger partial charge in [0.25, 0.3) is 0 Å². The van der Waals surface area contributed by atoms with Crippen molar-refractivity contribution in [1.29, 1.82) is 0 Å². The molecule has 90 valence electrons. The maximum absolute atomic E-state index is 11.3. The molecule has 0 saturated heterocycles. The van der Waals surface area contributed by atoms with Crippen molar-refractivity contribution in [2.75, 3.05) is 19.6 Å². The molecule has 0 aromatic rings. The average Bonchev–Trinajstić information content (AvgIpc) is 2.13. The summed E-state index contributed by atoms with van der Waals surface area (Å²) in [5.74, 6) is 0.311. The fourth-order valence-corrected chi connectivity index (χ4v) is 1.78. The lowest BCUT2D eigenvalue weighted by Gasteiger charge is -2.30. The molecule has 0 aliphatic carbocycles. The van der Waals surface area contributed by atoms with Crippen LogP contribution >= 0.6 is 0 Å². The Labute approximate surface area is 93.0 Å². The zero-order valence-electron chi connectivity index (χ0n) is 10.2. The number of amides is 1. The molecule has 0 bridgehead atoms. The summed E-state index contributed by atoms with van der Waals surface area (Å²) in [6.45, 7) is 8.69. The van der Waals surface area contributed by atoms with Crippen LogP contribution in [0.5, 0.6) is 0 Å². The maximum atomic E-state index is 11.3. The number of nitrogens with zero attached hydrogens (tertiary/aromatic N) is 1. The van der Waals surface area contributed by atoms with Gasteiger partial charge in [-0.3, -0.25) is 9.69 Å². The van der Waals surface area contributed by atoms with Gasteiger partial charge in [-0.15, -0.1) is 0 Å². The zero-order valence-corrected chi connectivity index (χ0v) is 10.2. The molecule has 1 amide bonds. The van der Waals surface area contributed by atoms with E-state index >= 15 is 0 Å². The first kappa shape index (κ1) is 14.4. The van der Waals surface area contributed by atoms with E-state index in [0.29, 0.717) is 12.5 Å². The maximum Gasteiger partial charge on any atom is 0.234 e. The second-order valence-electron chi connectivity index (χ2n) is 4.36. The van der Waals surface area contributed by atoms with Crippen LogP contribution in [0.3, 0.4) is 0 Å². The summed E-state index contributed by atoms with van der Waals surface area (Å²) >= 11 is 0. The number of carbonyl (C=O) groups excluding carboxylic acids is 1. The Hall–Kier alpha value is -0.610. The zero-order chi connectivity index (χ0) is 11.8. The van der Waals surface area contributed by atoms with Crippen molar-refractivity contribution in [3.8, 4) is 0 Å². The molecule has 0 aromatic carbocycles. The van der Waals surface area contributed by atoms with E-state index in [9.17, 15) is 4.79 Å². The summed E-state index contributed by atoms with van der Waals surface area (Å²) in [5.41, 5.74) is 10.9. The lowest BCUT2D eigenvalue weighted by molar-refractivity contribution is -0.123. The van der Waals surface area contributed by atoms with Crippen LogP contribution in [0.1, 0.15) is 33.6 Å². The van der Waals surface area contributed by atoms with Crippen molar-refractivity contribution in [1.82, 2.24) is 4.90 Å². The Morgan fingerprint density at radius 2 is 2.00 bits per heavy atom. The molecule has 0 radical (unpaired) electrons. The highest BCUT2D eigenvalue weighted by atomic mass is 16.1. The Kier molecular flexibility index (Phi) is 7.34. The van der Waals surface area contributed by atoms with Crippen molar-refractivity contribution in [2.45, 2.75) is 39.7 Å². The number of hydrogen-bond donors (Lipinski definition) is 2. The topological polar surface area (TPSA) is 72.4 Å². The summed E-state index contributed by atoms with van der Waals surface area (Å²) in [6.07, 6.45) is 1.68. The van der Waals surface area contributed by atoms with Gasteiger partial charge in [0.1, 0.15) is 0 Å². The molecule has 0 rings (SSSR count). The van der Waals surface area contributed by atoms with Gasteiger partial charge in [-0.25, -0.2) is 0 Å². The van der Waals surface area contributed by atoms with Gasteiger partial charge in [-0.2, -0.15) is 0 Å². The normalized spacial score (nSPS) is 13.5. The van der Waals surface area contributed by atoms with Crippen LogP contribution in [0.2, 0.25) is 0 Å². The van der Waals surface area contributed by atoms with Gasteiger partial charge in [-0.1, -0.05) is 20.8 Å². The summed E-state index contributed by atoms with van der Waals surface area (Å²) in [6, 6.07) is -0.140. The van der Waals surface area contributed by atoms with Crippen LogP contribution in [0.15, 0.2) is 0 Å². The molecule has 4 heteroatoms. The highest BCUT2D eigenvalue weighted by Crippen LogP contribution is 2.08. The minimum atomic E-state index is -0.227. The molecule has 0 aliphatic rings. The van der Waals surface area contributed by atoms with Gasteiger partial charge in [0.2, 0.25) is 5.91 Å². The molecular formula is C11H25N3O. The summed E-state index contributed by atoms with van der Waals surface area (Å²) in [7, 11) is 0. The molecular weight excluding hydrogens is 190 g/mol. The van der Waals surface area contributed by atoms with Crippen LogP contribution in [0.25, 0.3) is 0 Å². The molecule has 0 fully saturated rings. The SMILES string of the molecule is CCC(C(N)=O)N(CCCN)CC(C)C. The number of carbonyl (C=O) groups is 1. The highest BCUT2D eigenvalue weighted by Gasteiger charge is 2.21. The molecule has 0 spiro atoms. The lowest BCUT2D eigenvalue weighted by atomic mass is 10.1. The first-order chi connectivity index (χ1) is 7.02. The van der Waals surface area contributed by atoms with Gasteiger partial charge in [0.15, 0.2) is 0 Å². The van der Waals surface area contributed by atoms with Crippen LogP contribution < -0.4 is 11.5 Å². The van der Waals surface area contributed by atoms with Gasteiger partial charge >= 0.3 is 0 Å². The standard InChI is InChI=1S/C11H25N3O/c1-4-10(11(13)15)14(7-5-6-12)8-9(2)3/h9-10H,4-8,12H2,1-3H3,(H2,13,15). The predicted octanol–water partition coefficient (Wildman–Crippen LogP) is 0.557. The third kappa shape index (κ3) is 5.74. The van der Waals surface area contributed by atoms with E-state index in [4.69, 9.17) is 11.5 Å². The first-order valence-corrected chi connectivity index (χ1v) is 5.76. The second kappa shape index (κ2) is 7.65. The van der Waals surface area contributed by atoms with Crippen molar-refractivity contribution in [3.05, 3.63) is 0 Å². The Morgan fingerprint density at radius 1 is 1.40 bits per heavy atom. The summed E-state index contributed by atoms with van der Waals surface area (Å²) < 4.78 is 0. The van der Waals surface area contributed by atoms with E-state index in [1.54, 1.807) is 0 Å². The van der Waals surface area contributed by atoms with Gasteiger partial charge in [0, 0.05) is 13.1 Å². The molecule has 0 heterocycles. The van der Waals surface area contributed by atoms with Crippen LogP contribution in [0, 0.1) is 5.92 Å². The monoisotopic (exact) mass is 215 g/mol. The van der Waals surface area contributed by atoms with Gasteiger partial charge in [0.05, 0.1) is 6.04 Å². The smallest absolute Gasteiger partial charge is 0.234 e. The van der Waals surface area contributed by atoms with Crippen molar-refractivity contribution in [3.63, 3.8) is 0 Å². The minimum absolute atomic E-state index is 0.140. The molecule has 0 saturated carbocycles. The van der Waals surface area contributed by atoms with E-state index in [1.165, 1.54) is 0 Å². The average molecular weight is 215 g/mol. The molecule has 4 nitrogen and oxygen atoms in total. The van der Waals surface area contributed by atoms with Gasteiger partial charge in [-0.05, 0) is 25.3 Å². The fourth-order valence-electron chi connectivity index (χ4n) is 1.78. The first-order valence-electron chi connectivity index (χ1n) is 5.76. The number of nitrogens with two attached hydrogens (primary N) is 2. The van der Waals surface area contributed by atoms with E-state index in [2.05, 4.69) is 18.7 Å². The van der Waals surface area contributed by atoms with Crippen molar-refractivity contribution in [2.24, 2.45) is 17.4 Å². The lowest BCUT2D eigenvalue weighted by Crippen LogP contribution is -2.46. The number of rotatable bonds is 8. The van der Waals surface area contributed by atoms with E-state index in [0.717, 1.165) is 25.9 Å². The molecule has 15 heavy (non-hydrogen) atoms. The van der Waals surface area contributed by atoms with Crippen molar-refractivity contribution < 1.29 is 4.79 Å². The number of primary amides is 1. The third-order valence-corrected chi connectivity index (χ3v) is 2.41. The van der Waals surface area contributed by atoms with Crippen molar-refractivity contribution >= 4 is 5.91 Å². The number of hydrogen-bond acceptors (Lipinski definition) is 3. The largest absolute Gasteiger partial charge is 0.368 e. The third-order valence-electron chi connectivity index (χ3n) is 2.41. The van der Waals surface area contributed by atoms with Crippen LogP contribution in [0.4, 0.5) is 0 Å². The second-order valence-corrected chi connectivity index (χ2v) is 4.36. The Balaban J connectivity index is 4.35. The molecule has 4 N–H and O–H groups in total.